The van der Waals surface area contributed by atoms with Crippen molar-refractivity contribution in [3.63, 3.8) is 0 Å². The van der Waals surface area contributed by atoms with Gasteiger partial charge in [-0.05, 0) is 71.6 Å². The van der Waals surface area contributed by atoms with Crippen LogP contribution in [-0.2, 0) is 30.2 Å². The van der Waals surface area contributed by atoms with E-state index < -0.39 is 47.6 Å². The van der Waals surface area contributed by atoms with Crippen LogP contribution in [0.3, 0.4) is 0 Å². The van der Waals surface area contributed by atoms with Crippen LogP contribution in [0.4, 0.5) is 9.59 Å². The van der Waals surface area contributed by atoms with Gasteiger partial charge in [0.1, 0.15) is 23.3 Å². The van der Waals surface area contributed by atoms with E-state index in [1.165, 1.54) is 25.1 Å². The number of benzene rings is 1. The molecule has 11 nitrogen and oxygen atoms in total. The van der Waals surface area contributed by atoms with Crippen LogP contribution in [-0.4, -0.2) is 59.2 Å². The molecule has 0 saturated carbocycles. The summed E-state index contributed by atoms with van der Waals surface area (Å²) in [5.41, 5.74) is -1.10. The molecule has 1 aromatic rings. The molecule has 0 radical (unpaired) electrons. The number of carboxylic acids is 1. The number of hydrogen-bond acceptors (Lipinski definition) is 10. The molecule has 0 fully saturated rings. The lowest BCUT2D eigenvalue weighted by Gasteiger charge is -2.24. The van der Waals surface area contributed by atoms with Crippen molar-refractivity contribution in [3.05, 3.63) is 23.8 Å². The fourth-order valence-electron chi connectivity index (χ4n) is 2.78. The first-order valence-electron chi connectivity index (χ1n) is 12.2. The van der Waals surface area contributed by atoms with Crippen LogP contribution in [0.5, 0.6) is 11.5 Å². The lowest BCUT2D eigenvalue weighted by molar-refractivity contribution is -0.145. The molecular weight excluding hydrogens is 486 g/mol. The third kappa shape index (κ3) is 12.0. The molecule has 0 spiro atoms. The molecule has 1 rings (SSSR count). The van der Waals surface area contributed by atoms with Crippen LogP contribution in [0, 0.1) is 0 Å². The van der Waals surface area contributed by atoms with E-state index in [9.17, 15) is 24.3 Å². The minimum absolute atomic E-state index is 0.0123. The van der Waals surface area contributed by atoms with E-state index in [0.717, 1.165) is 0 Å². The lowest BCUT2D eigenvalue weighted by Crippen LogP contribution is -2.42. The van der Waals surface area contributed by atoms with Crippen molar-refractivity contribution in [2.75, 3.05) is 6.54 Å². The number of carbonyl (C=O) groups is 4. The van der Waals surface area contributed by atoms with Gasteiger partial charge < -0.3 is 34.1 Å². The molecule has 0 aliphatic heterocycles. The van der Waals surface area contributed by atoms with Gasteiger partial charge in [-0.3, -0.25) is 9.59 Å². The molecule has 0 amide bonds. The molecular formula is C26H39NO10. The number of aliphatic carboxylic acids is 1. The maximum Gasteiger partial charge on any atom is 0.514 e. The van der Waals surface area contributed by atoms with Gasteiger partial charge in [-0.15, -0.1) is 0 Å². The Morgan fingerprint density at radius 2 is 1.43 bits per heavy atom. The summed E-state index contributed by atoms with van der Waals surface area (Å²) in [7, 11) is 0. The van der Waals surface area contributed by atoms with Crippen LogP contribution in [0.25, 0.3) is 0 Å². The van der Waals surface area contributed by atoms with Crippen molar-refractivity contribution < 1.29 is 48.0 Å². The predicted octanol–water partition coefficient (Wildman–Crippen LogP) is 4.63. The van der Waals surface area contributed by atoms with Crippen LogP contribution >= 0.6 is 0 Å². The molecule has 0 bridgehead atoms. The quantitative estimate of drug-likeness (QED) is 0.211. The van der Waals surface area contributed by atoms with E-state index in [2.05, 4.69) is 5.32 Å². The Kier molecular flexibility index (Phi) is 11.8. The molecule has 11 heteroatoms. The average molecular weight is 526 g/mol. The van der Waals surface area contributed by atoms with E-state index >= 15 is 0 Å². The lowest BCUT2D eigenvalue weighted by atomic mass is 10.0. The topological polar surface area (TPSA) is 147 Å². The van der Waals surface area contributed by atoms with Gasteiger partial charge in [-0.1, -0.05) is 19.9 Å². The van der Waals surface area contributed by atoms with Crippen molar-refractivity contribution in [2.45, 2.75) is 98.0 Å². The highest BCUT2D eigenvalue weighted by Crippen LogP contribution is 2.31. The number of carbonyl (C=O) groups excluding carboxylic acids is 3. The Bertz CT molecular complexity index is 957. The van der Waals surface area contributed by atoms with E-state index in [1.807, 2.05) is 13.8 Å². The monoisotopic (exact) mass is 525 g/mol. The highest BCUT2D eigenvalue weighted by molar-refractivity contribution is 5.74. The van der Waals surface area contributed by atoms with Gasteiger partial charge >= 0.3 is 24.2 Å². The zero-order valence-electron chi connectivity index (χ0n) is 22.8. The first-order valence-corrected chi connectivity index (χ1v) is 12.2. The minimum Gasteiger partial charge on any atom is -0.480 e. The number of nitrogens with one attached hydrogen (secondary N) is 1. The van der Waals surface area contributed by atoms with Gasteiger partial charge in [0.05, 0.1) is 0 Å². The fourth-order valence-corrected chi connectivity index (χ4v) is 2.78. The normalized spacial score (nSPS) is 13.2. The van der Waals surface area contributed by atoms with Crippen molar-refractivity contribution in [3.8, 4) is 11.5 Å². The minimum atomic E-state index is -1.13. The standard InChI is InChI=1S/C26H39NO10/c1-9-25(5,6)36-23(31)34-20-12-11-18(14-21(20)35-24(32)37-26(7,8)10-2)13-19(22(29)30)27-15-16(3)33-17(4)28/h11-12,14,16,19,27H,9-10,13,15H2,1-8H3,(H,29,30)/t16?,19-/m0/s1. The Morgan fingerprint density at radius 3 is 1.89 bits per heavy atom. The highest BCUT2D eigenvalue weighted by atomic mass is 16.8. The summed E-state index contributed by atoms with van der Waals surface area (Å²) >= 11 is 0. The second kappa shape index (κ2) is 13.8. The van der Waals surface area contributed by atoms with Crippen molar-refractivity contribution in [1.29, 1.82) is 0 Å². The van der Waals surface area contributed by atoms with Gasteiger partial charge in [0.2, 0.25) is 0 Å². The summed E-state index contributed by atoms with van der Waals surface area (Å²) < 4.78 is 26.3. The predicted molar refractivity (Wildman–Crippen MR) is 134 cm³/mol. The number of rotatable bonds is 13. The molecule has 2 atom stereocenters. The average Bonchev–Trinajstić information content (AvgIpc) is 2.76. The molecule has 37 heavy (non-hydrogen) atoms. The van der Waals surface area contributed by atoms with E-state index in [1.54, 1.807) is 34.6 Å². The molecule has 1 unspecified atom stereocenters. The van der Waals surface area contributed by atoms with Gasteiger partial charge in [0.15, 0.2) is 11.5 Å². The largest absolute Gasteiger partial charge is 0.514 e. The maximum atomic E-state index is 12.4. The molecule has 0 saturated heterocycles. The highest BCUT2D eigenvalue weighted by Gasteiger charge is 2.27. The summed E-state index contributed by atoms with van der Waals surface area (Å²) in [6.07, 6.45) is -1.48. The molecule has 208 valence electrons. The molecule has 1 aromatic carbocycles. The molecule has 0 aromatic heterocycles. The zero-order valence-corrected chi connectivity index (χ0v) is 22.8. The van der Waals surface area contributed by atoms with E-state index in [0.29, 0.717) is 18.4 Å². The SMILES string of the molecule is CCC(C)(C)OC(=O)Oc1ccc(C[C@H](NCC(C)OC(C)=O)C(=O)O)cc1OC(=O)OC(C)(C)CC. The Hall–Kier alpha value is -3.34. The molecule has 0 heterocycles. The summed E-state index contributed by atoms with van der Waals surface area (Å²) in [6.45, 7) is 13.6. The van der Waals surface area contributed by atoms with Crippen molar-refractivity contribution in [1.82, 2.24) is 5.32 Å². The summed E-state index contributed by atoms with van der Waals surface area (Å²) in [5.74, 6) is -1.85. The summed E-state index contributed by atoms with van der Waals surface area (Å²) in [4.78, 5) is 47.7. The first kappa shape index (κ1) is 31.7. The maximum absolute atomic E-state index is 12.4. The Balaban J connectivity index is 3.16. The third-order valence-corrected chi connectivity index (χ3v) is 5.57. The first-order chi connectivity index (χ1) is 17.1. The second-order valence-electron chi connectivity index (χ2n) is 9.84. The van der Waals surface area contributed by atoms with Gasteiger partial charge in [-0.2, -0.15) is 0 Å². The van der Waals surface area contributed by atoms with Crippen molar-refractivity contribution in [2.24, 2.45) is 0 Å². The van der Waals surface area contributed by atoms with Gasteiger partial charge in [-0.25, -0.2) is 9.59 Å². The zero-order chi connectivity index (χ0) is 28.4. The third-order valence-electron chi connectivity index (χ3n) is 5.57. The van der Waals surface area contributed by atoms with Gasteiger partial charge in [0.25, 0.3) is 0 Å². The van der Waals surface area contributed by atoms with E-state index in [4.69, 9.17) is 23.7 Å². The van der Waals surface area contributed by atoms with Crippen LogP contribution in [0.2, 0.25) is 0 Å². The molecule has 0 aliphatic rings. The summed E-state index contributed by atoms with van der Waals surface area (Å²) in [5, 5.41) is 12.5. The second-order valence-corrected chi connectivity index (χ2v) is 9.84. The van der Waals surface area contributed by atoms with Crippen LogP contribution in [0.15, 0.2) is 18.2 Å². The Labute approximate surface area is 217 Å². The fraction of sp³-hybridized carbons (Fsp3) is 0.615. The van der Waals surface area contributed by atoms with E-state index in [-0.39, 0.29) is 24.5 Å². The number of ether oxygens (including phenoxy) is 5. The molecule has 0 aliphatic carbocycles. The van der Waals surface area contributed by atoms with Crippen LogP contribution in [0.1, 0.15) is 73.8 Å². The van der Waals surface area contributed by atoms with Crippen LogP contribution < -0.4 is 14.8 Å². The number of carboxylic acid groups (broad SMARTS) is 1. The molecule has 2 N–H and O–H groups in total. The number of hydrogen-bond donors (Lipinski definition) is 2. The van der Waals surface area contributed by atoms with Crippen molar-refractivity contribution >= 4 is 24.2 Å². The smallest absolute Gasteiger partial charge is 0.480 e. The summed E-state index contributed by atoms with van der Waals surface area (Å²) in [6, 6.07) is 3.26. The van der Waals surface area contributed by atoms with Gasteiger partial charge in [0, 0.05) is 13.5 Å². The Morgan fingerprint density at radius 1 is 0.919 bits per heavy atom. The number of esters is 1.